The van der Waals surface area contributed by atoms with Crippen LogP contribution in [0.1, 0.15) is 112 Å². The van der Waals surface area contributed by atoms with Crippen LogP contribution in [0.4, 0.5) is 10.6 Å². The molecule has 1 aromatic heterocycles. The van der Waals surface area contributed by atoms with E-state index in [9.17, 15) is 14.4 Å². The zero-order valence-electron chi connectivity index (χ0n) is 28.7. The van der Waals surface area contributed by atoms with Crippen molar-refractivity contribution in [2.45, 2.75) is 118 Å². The molecule has 2 heterocycles. The SMILES string of the molecule is CCOCC(CCCC(=O)[C@H]1C[C@@H](C(=O)N(c2cc(OC)c(C(C)C)cn2)C2CC2)CN(C(=O)OC(C)(C)C)C1)CC(C)C. The summed E-state index contributed by atoms with van der Waals surface area (Å²) in [6.07, 6.45) is 6.69. The highest BCUT2D eigenvalue weighted by molar-refractivity contribution is 5.96. The van der Waals surface area contributed by atoms with Gasteiger partial charge < -0.3 is 19.1 Å². The first-order chi connectivity index (χ1) is 20.7. The second-order valence-electron chi connectivity index (χ2n) is 14.4. The lowest BCUT2D eigenvalue weighted by molar-refractivity contribution is -0.129. The monoisotopic (exact) mass is 615 g/mol. The van der Waals surface area contributed by atoms with Gasteiger partial charge in [-0.2, -0.15) is 0 Å². The van der Waals surface area contributed by atoms with Crippen molar-refractivity contribution in [3.8, 4) is 5.75 Å². The molecule has 1 aromatic rings. The zero-order chi connectivity index (χ0) is 32.6. The fourth-order valence-electron chi connectivity index (χ4n) is 6.16. The second kappa shape index (κ2) is 16.1. The summed E-state index contributed by atoms with van der Waals surface area (Å²) in [5, 5.41) is 0. The smallest absolute Gasteiger partial charge is 0.410 e. The predicted molar refractivity (Wildman–Crippen MR) is 173 cm³/mol. The van der Waals surface area contributed by atoms with Gasteiger partial charge >= 0.3 is 6.09 Å². The van der Waals surface area contributed by atoms with Crippen molar-refractivity contribution in [2.24, 2.45) is 23.7 Å². The molecule has 2 aliphatic rings. The molecule has 9 heteroatoms. The van der Waals surface area contributed by atoms with Crippen molar-refractivity contribution in [2.75, 3.05) is 38.3 Å². The van der Waals surface area contributed by atoms with Gasteiger partial charge in [0.2, 0.25) is 5.91 Å². The van der Waals surface area contributed by atoms with E-state index < -0.39 is 23.5 Å². The number of carbonyl (C=O) groups is 3. The number of nitrogens with zero attached hydrogens (tertiary/aromatic N) is 3. The highest BCUT2D eigenvalue weighted by Crippen LogP contribution is 2.37. The average Bonchev–Trinajstić information content (AvgIpc) is 3.79. The fourth-order valence-corrected chi connectivity index (χ4v) is 6.16. The lowest BCUT2D eigenvalue weighted by Gasteiger charge is -2.39. The molecule has 1 saturated heterocycles. The molecule has 1 unspecified atom stereocenters. The molecule has 44 heavy (non-hydrogen) atoms. The Hall–Kier alpha value is -2.68. The molecule has 0 N–H and O–H groups in total. The number of anilines is 1. The van der Waals surface area contributed by atoms with E-state index in [-0.39, 0.29) is 36.7 Å². The Morgan fingerprint density at radius 1 is 1.09 bits per heavy atom. The minimum atomic E-state index is -0.682. The maximum Gasteiger partial charge on any atom is 0.410 e. The number of pyridine rings is 1. The van der Waals surface area contributed by atoms with E-state index in [1.165, 1.54) is 0 Å². The molecule has 0 radical (unpaired) electrons. The molecular formula is C35H57N3O6. The van der Waals surface area contributed by atoms with Gasteiger partial charge in [-0.15, -0.1) is 0 Å². The number of ketones is 1. The van der Waals surface area contributed by atoms with Crippen LogP contribution in [0.25, 0.3) is 0 Å². The molecule has 9 nitrogen and oxygen atoms in total. The van der Waals surface area contributed by atoms with Crippen molar-refractivity contribution in [3.63, 3.8) is 0 Å². The van der Waals surface area contributed by atoms with Crippen LogP contribution in [0.15, 0.2) is 12.3 Å². The molecule has 2 fully saturated rings. The average molecular weight is 616 g/mol. The normalized spacial score (nSPS) is 19.7. The highest BCUT2D eigenvalue weighted by atomic mass is 16.6. The van der Waals surface area contributed by atoms with Gasteiger partial charge in [0.05, 0.1) is 13.0 Å². The van der Waals surface area contributed by atoms with Crippen molar-refractivity contribution in [1.82, 2.24) is 9.88 Å². The second-order valence-corrected chi connectivity index (χ2v) is 14.4. The molecular weight excluding hydrogens is 558 g/mol. The lowest BCUT2D eigenvalue weighted by Crippen LogP contribution is -2.52. The van der Waals surface area contributed by atoms with E-state index in [2.05, 4.69) is 32.7 Å². The number of piperidine rings is 1. The van der Waals surface area contributed by atoms with E-state index in [4.69, 9.17) is 14.2 Å². The first-order valence-corrected chi connectivity index (χ1v) is 16.7. The predicted octanol–water partition coefficient (Wildman–Crippen LogP) is 7.02. The number of likely N-dealkylation sites (tertiary alicyclic amines) is 1. The Kier molecular flexibility index (Phi) is 13.1. The van der Waals surface area contributed by atoms with Crippen LogP contribution in [0.2, 0.25) is 0 Å². The van der Waals surface area contributed by atoms with Gasteiger partial charge in [-0.05, 0) is 84.0 Å². The van der Waals surface area contributed by atoms with Crippen LogP contribution >= 0.6 is 0 Å². The summed E-state index contributed by atoms with van der Waals surface area (Å²) in [6, 6.07) is 1.90. The number of hydrogen-bond donors (Lipinski definition) is 0. The third-order valence-electron chi connectivity index (χ3n) is 8.42. The summed E-state index contributed by atoms with van der Waals surface area (Å²) in [4.78, 5) is 49.2. The maximum atomic E-state index is 14.3. The summed E-state index contributed by atoms with van der Waals surface area (Å²) in [5.74, 6) is 1.52. The minimum Gasteiger partial charge on any atom is -0.496 e. The Balaban J connectivity index is 1.80. The molecule has 3 atom stereocenters. The number of rotatable bonds is 15. The summed E-state index contributed by atoms with van der Waals surface area (Å²) in [5.41, 5.74) is 0.300. The van der Waals surface area contributed by atoms with Gasteiger partial charge in [0.15, 0.2) is 0 Å². The third-order valence-corrected chi connectivity index (χ3v) is 8.42. The van der Waals surface area contributed by atoms with Crippen LogP contribution in [-0.4, -0.2) is 72.7 Å². The Labute approximate surface area is 265 Å². The number of amides is 2. The van der Waals surface area contributed by atoms with Gasteiger partial charge in [0, 0.05) is 62.5 Å². The molecule has 1 aliphatic heterocycles. The standard InChI is InChI=1S/C35H57N3O6/c1-10-43-22-25(16-23(2)3)12-11-13-30(39)26-17-27(21-37(20-26)34(41)44-35(6,7)8)33(40)38(28-14-15-28)32-18-31(42-9)29(19-36-32)24(4)5/h18-19,23-28H,10-17,20-22H2,1-9H3/t25?,26-,27+/m0/s1. The Bertz CT molecular complexity index is 1110. The van der Waals surface area contributed by atoms with Crippen molar-refractivity contribution >= 4 is 23.6 Å². The summed E-state index contributed by atoms with van der Waals surface area (Å²) < 4.78 is 17.1. The molecule has 1 saturated carbocycles. The van der Waals surface area contributed by atoms with Crippen molar-refractivity contribution in [3.05, 3.63) is 17.8 Å². The minimum absolute atomic E-state index is 0.0545. The van der Waals surface area contributed by atoms with Gasteiger partial charge in [0.25, 0.3) is 0 Å². The quantitative estimate of drug-likeness (QED) is 0.209. The summed E-state index contributed by atoms with van der Waals surface area (Å²) in [6.45, 7) is 17.9. The van der Waals surface area contributed by atoms with Crippen LogP contribution in [-0.2, 0) is 19.1 Å². The third kappa shape index (κ3) is 10.5. The van der Waals surface area contributed by atoms with E-state index in [1.54, 1.807) is 23.1 Å². The van der Waals surface area contributed by atoms with Crippen LogP contribution in [0.3, 0.4) is 0 Å². The molecule has 248 valence electrons. The van der Waals surface area contributed by atoms with E-state index in [0.29, 0.717) is 49.5 Å². The van der Waals surface area contributed by atoms with Crippen LogP contribution in [0.5, 0.6) is 5.75 Å². The molecule has 2 amide bonds. The van der Waals surface area contributed by atoms with E-state index in [0.717, 1.165) is 37.7 Å². The van der Waals surface area contributed by atoms with E-state index in [1.807, 2.05) is 33.8 Å². The lowest BCUT2D eigenvalue weighted by atomic mass is 9.83. The van der Waals surface area contributed by atoms with Crippen LogP contribution < -0.4 is 9.64 Å². The summed E-state index contributed by atoms with van der Waals surface area (Å²) in [7, 11) is 1.63. The number of ether oxygens (including phenoxy) is 3. The number of carbonyl (C=O) groups excluding carboxylic acids is 3. The van der Waals surface area contributed by atoms with Crippen molar-refractivity contribution in [1.29, 1.82) is 0 Å². The molecule has 0 aromatic carbocycles. The highest BCUT2D eigenvalue weighted by Gasteiger charge is 2.43. The first kappa shape index (κ1) is 35.8. The number of hydrogen-bond acceptors (Lipinski definition) is 7. The molecule has 3 rings (SSSR count). The summed E-state index contributed by atoms with van der Waals surface area (Å²) >= 11 is 0. The van der Waals surface area contributed by atoms with Gasteiger partial charge in [0.1, 0.15) is 23.0 Å². The largest absolute Gasteiger partial charge is 0.496 e. The zero-order valence-corrected chi connectivity index (χ0v) is 28.7. The van der Waals surface area contributed by atoms with E-state index >= 15 is 0 Å². The Morgan fingerprint density at radius 3 is 2.34 bits per heavy atom. The van der Waals surface area contributed by atoms with Crippen molar-refractivity contribution < 1.29 is 28.6 Å². The molecule has 0 spiro atoms. The van der Waals surface area contributed by atoms with Gasteiger partial charge in [-0.1, -0.05) is 27.7 Å². The fraction of sp³-hybridized carbons (Fsp3) is 0.771. The number of Topliss-reactive ketones (excluding diaryl/α,β-unsaturated/α-hetero) is 1. The number of methoxy groups -OCH3 is 1. The van der Waals surface area contributed by atoms with Gasteiger partial charge in [-0.3, -0.25) is 14.5 Å². The molecule has 1 aliphatic carbocycles. The number of aromatic nitrogens is 1. The van der Waals surface area contributed by atoms with Gasteiger partial charge in [-0.25, -0.2) is 9.78 Å². The molecule has 0 bridgehead atoms. The van der Waals surface area contributed by atoms with Crippen LogP contribution in [0, 0.1) is 23.7 Å². The first-order valence-electron chi connectivity index (χ1n) is 16.7. The topological polar surface area (TPSA) is 98.3 Å². The maximum absolute atomic E-state index is 14.3. The Morgan fingerprint density at radius 2 is 1.77 bits per heavy atom.